The van der Waals surface area contributed by atoms with Crippen molar-refractivity contribution in [1.29, 1.82) is 0 Å². The number of ether oxygens (including phenoxy) is 2. The topological polar surface area (TPSA) is 99.0 Å². The number of nitrogens with zero attached hydrogens (tertiary/aromatic N) is 2. The highest BCUT2D eigenvalue weighted by atomic mass is 16.6. The van der Waals surface area contributed by atoms with E-state index in [1.54, 1.807) is 77.9 Å². The molecule has 1 amide bonds. The van der Waals surface area contributed by atoms with Crippen molar-refractivity contribution in [1.82, 2.24) is 4.90 Å². The van der Waals surface area contributed by atoms with Crippen LogP contribution in [0.5, 0.6) is 0 Å². The van der Waals surface area contributed by atoms with Gasteiger partial charge in [0.2, 0.25) is 0 Å². The molecule has 0 fully saturated rings. The predicted molar refractivity (Wildman–Crippen MR) is 120 cm³/mol. The lowest BCUT2D eigenvalue weighted by Crippen LogP contribution is -2.43. The third-order valence-electron chi connectivity index (χ3n) is 4.16. The van der Waals surface area contributed by atoms with E-state index in [4.69, 9.17) is 9.47 Å². The Morgan fingerprint density at radius 2 is 1.53 bits per heavy atom. The van der Waals surface area contributed by atoms with Crippen molar-refractivity contribution in [2.24, 2.45) is 0 Å². The molecule has 0 saturated carbocycles. The Morgan fingerprint density at radius 1 is 0.938 bits per heavy atom. The number of rotatable bonds is 6. The smallest absolute Gasteiger partial charge is 0.411 e. The summed E-state index contributed by atoms with van der Waals surface area (Å²) >= 11 is 0. The third-order valence-corrected chi connectivity index (χ3v) is 4.16. The molecule has 2 rings (SSSR count). The van der Waals surface area contributed by atoms with Gasteiger partial charge in [0.05, 0.1) is 11.5 Å². The monoisotopic (exact) mass is 442 g/mol. The van der Waals surface area contributed by atoms with Gasteiger partial charge in [0, 0.05) is 12.1 Å². The molecule has 0 saturated heterocycles. The van der Waals surface area contributed by atoms with E-state index in [0.717, 1.165) is 0 Å². The van der Waals surface area contributed by atoms with Crippen molar-refractivity contribution >= 4 is 17.7 Å². The molecule has 2 aromatic carbocycles. The number of amides is 1. The van der Waals surface area contributed by atoms with Gasteiger partial charge in [-0.15, -0.1) is 0 Å². The van der Waals surface area contributed by atoms with E-state index in [1.165, 1.54) is 23.1 Å². The minimum atomic E-state index is -1.11. The Kier molecular flexibility index (Phi) is 7.61. The van der Waals surface area contributed by atoms with Crippen molar-refractivity contribution < 1.29 is 24.0 Å². The average molecular weight is 443 g/mol. The van der Waals surface area contributed by atoms with E-state index >= 15 is 0 Å². The van der Waals surface area contributed by atoms with Gasteiger partial charge in [-0.2, -0.15) is 0 Å². The van der Waals surface area contributed by atoms with Crippen molar-refractivity contribution in [3.8, 4) is 0 Å². The molecule has 0 N–H and O–H groups in total. The van der Waals surface area contributed by atoms with Gasteiger partial charge in [-0.3, -0.25) is 15.0 Å². The van der Waals surface area contributed by atoms with Gasteiger partial charge in [0.25, 0.3) is 5.69 Å². The van der Waals surface area contributed by atoms with E-state index < -0.39 is 34.2 Å². The molecule has 8 heteroatoms. The summed E-state index contributed by atoms with van der Waals surface area (Å²) in [5, 5.41) is 11.2. The zero-order valence-corrected chi connectivity index (χ0v) is 19.3. The van der Waals surface area contributed by atoms with Crippen LogP contribution in [-0.2, 0) is 20.8 Å². The number of nitro benzene ring substituents is 1. The van der Waals surface area contributed by atoms with Crippen LogP contribution >= 0.6 is 0 Å². The summed E-state index contributed by atoms with van der Waals surface area (Å²) < 4.78 is 11.2. The lowest BCUT2D eigenvalue weighted by atomic mass is 10.0. The van der Waals surface area contributed by atoms with E-state index in [2.05, 4.69) is 0 Å². The summed E-state index contributed by atoms with van der Waals surface area (Å²) in [4.78, 5) is 38.4. The second-order valence-corrected chi connectivity index (χ2v) is 9.38. The van der Waals surface area contributed by atoms with Gasteiger partial charge >= 0.3 is 12.1 Å². The number of hydrogen-bond acceptors (Lipinski definition) is 6. The summed E-state index contributed by atoms with van der Waals surface area (Å²) in [6, 6.07) is 13.6. The quantitative estimate of drug-likeness (QED) is 0.337. The van der Waals surface area contributed by atoms with Gasteiger partial charge in [0.15, 0.2) is 6.04 Å². The number of nitro groups is 1. The van der Waals surface area contributed by atoms with Crippen molar-refractivity contribution in [3.05, 3.63) is 75.8 Å². The predicted octanol–water partition coefficient (Wildman–Crippen LogP) is 5.41. The molecular formula is C24H30N2O6. The Morgan fingerprint density at radius 3 is 2.06 bits per heavy atom. The van der Waals surface area contributed by atoms with Crippen LogP contribution in [-0.4, -0.2) is 33.1 Å². The molecule has 0 unspecified atom stereocenters. The maximum Gasteiger partial charge on any atom is 0.411 e. The minimum absolute atomic E-state index is 0.0879. The third kappa shape index (κ3) is 7.37. The van der Waals surface area contributed by atoms with Crippen LogP contribution in [0.4, 0.5) is 10.5 Å². The highest BCUT2D eigenvalue weighted by molar-refractivity contribution is 5.83. The molecule has 32 heavy (non-hydrogen) atoms. The van der Waals surface area contributed by atoms with E-state index in [-0.39, 0.29) is 12.2 Å². The normalized spacial score (nSPS) is 12.6. The lowest BCUT2D eigenvalue weighted by Gasteiger charge is -2.34. The van der Waals surface area contributed by atoms with Gasteiger partial charge in [-0.1, -0.05) is 42.5 Å². The second kappa shape index (κ2) is 9.80. The Hall–Kier alpha value is -3.42. The molecule has 0 aromatic heterocycles. The molecule has 8 nitrogen and oxygen atoms in total. The Labute approximate surface area is 188 Å². The van der Waals surface area contributed by atoms with Crippen LogP contribution in [0.1, 0.15) is 58.7 Å². The Balaban J connectivity index is 2.56. The van der Waals surface area contributed by atoms with Gasteiger partial charge < -0.3 is 9.47 Å². The number of carbonyl (C=O) groups excluding carboxylic acids is 2. The first-order valence-electron chi connectivity index (χ1n) is 10.3. The summed E-state index contributed by atoms with van der Waals surface area (Å²) in [6.07, 6.45) is -0.733. The molecule has 0 spiro atoms. The minimum Gasteiger partial charge on any atom is -0.458 e. The molecule has 0 aliphatic heterocycles. The van der Waals surface area contributed by atoms with Crippen LogP contribution < -0.4 is 0 Å². The first kappa shape index (κ1) is 24.8. The van der Waals surface area contributed by atoms with Crippen LogP contribution in [0.3, 0.4) is 0 Å². The molecule has 2 aromatic rings. The number of carbonyl (C=O) groups is 2. The first-order valence-corrected chi connectivity index (χ1v) is 10.3. The van der Waals surface area contributed by atoms with E-state index in [1.807, 2.05) is 0 Å². The highest BCUT2D eigenvalue weighted by Gasteiger charge is 2.37. The summed E-state index contributed by atoms with van der Waals surface area (Å²) in [6.45, 7) is 10.3. The molecule has 172 valence electrons. The molecule has 0 aliphatic carbocycles. The number of esters is 1. The maximum absolute atomic E-state index is 13.3. The van der Waals surface area contributed by atoms with Crippen LogP contribution in [0.15, 0.2) is 54.6 Å². The standard InChI is InChI=1S/C24H30N2O6/c1-23(2,3)31-21(27)20(18-12-8-7-9-13-18)25(22(28)32-24(4,5)6)16-17-11-10-14-19(15-17)26(29)30/h7-15,20H,16H2,1-6H3/t20-/m0/s1. The molecule has 0 heterocycles. The fraction of sp³-hybridized carbons (Fsp3) is 0.417. The van der Waals surface area contributed by atoms with E-state index in [0.29, 0.717) is 11.1 Å². The van der Waals surface area contributed by atoms with Crippen LogP contribution in [0.2, 0.25) is 0 Å². The highest BCUT2D eigenvalue weighted by Crippen LogP contribution is 2.29. The summed E-state index contributed by atoms with van der Waals surface area (Å²) in [5.74, 6) is -0.625. The largest absolute Gasteiger partial charge is 0.458 e. The lowest BCUT2D eigenvalue weighted by molar-refractivity contribution is -0.384. The number of hydrogen-bond donors (Lipinski definition) is 0. The number of non-ortho nitro benzene ring substituents is 1. The molecule has 0 radical (unpaired) electrons. The zero-order valence-electron chi connectivity index (χ0n) is 19.3. The summed E-state index contributed by atoms with van der Waals surface area (Å²) in [5.41, 5.74) is -0.685. The molecular weight excluding hydrogens is 412 g/mol. The Bertz CT molecular complexity index is 960. The SMILES string of the molecule is CC(C)(C)OC(=O)[C@H](c1ccccc1)N(Cc1cccc([N+](=O)[O-])c1)C(=O)OC(C)(C)C. The van der Waals surface area contributed by atoms with Gasteiger partial charge in [-0.25, -0.2) is 9.59 Å². The van der Waals surface area contributed by atoms with Gasteiger partial charge in [-0.05, 0) is 52.7 Å². The average Bonchev–Trinajstić information content (AvgIpc) is 2.65. The van der Waals surface area contributed by atoms with Crippen molar-refractivity contribution in [2.75, 3.05) is 0 Å². The second-order valence-electron chi connectivity index (χ2n) is 9.38. The van der Waals surface area contributed by atoms with E-state index in [9.17, 15) is 19.7 Å². The first-order chi connectivity index (χ1) is 14.8. The molecule has 0 bridgehead atoms. The molecule has 0 aliphatic rings. The van der Waals surface area contributed by atoms with Crippen LogP contribution in [0, 0.1) is 10.1 Å². The zero-order chi connectivity index (χ0) is 24.1. The number of benzene rings is 2. The molecule has 1 atom stereocenters. The maximum atomic E-state index is 13.3. The summed E-state index contributed by atoms with van der Waals surface area (Å²) in [7, 11) is 0. The van der Waals surface area contributed by atoms with Crippen molar-refractivity contribution in [3.63, 3.8) is 0 Å². The fourth-order valence-corrected chi connectivity index (χ4v) is 2.98. The fourth-order valence-electron chi connectivity index (χ4n) is 2.98. The van der Waals surface area contributed by atoms with Crippen LogP contribution in [0.25, 0.3) is 0 Å². The van der Waals surface area contributed by atoms with Gasteiger partial charge in [0.1, 0.15) is 11.2 Å². The van der Waals surface area contributed by atoms with Crippen molar-refractivity contribution in [2.45, 2.75) is 65.3 Å².